The molecule has 0 aliphatic rings. The first kappa shape index (κ1) is 13.1. The van der Waals surface area contributed by atoms with Crippen LogP contribution < -0.4 is 5.32 Å². The van der Waals surface area contributed by atoms with Crippen LogP contribution in [0.1, 0.15) is 15.9 Å². The summed E-state index contributed by atoms with van der Waals surface area (Å²) in [5.41, 5.74) is 1.52. The zero-order valence-electron chi connectivity index (χ0n) is 9.58. The Balaban J connectivity index is 2.22. The van der Waals surface area contributed by atoms with Gasteiger partial charge in [-0.2, -0.15) is 0 Å². The fourth-order valence-corrected chi connectivity index (χ4v) is 2.34. The third-order valence-corrected chi connectivity index (χ3v) is 2.96. The predicted molar refractivity (Wildman–Crippen MR) is 76.1 cm³/mol. The van der Waals surface area contributed by atoms with Crippen molar-refractivity contribution in [3.63, 3.8) is 0 Å². The van der Waals surface area contributed by atoms with Crippen LogP contribution >= 0.6 is 27.5 Å². The number of nitrogens with zero attached hydrogens (tertiary/aromatic N) is 1. The second-order valence-corrected chi connectivity index (χ2v) is 5.18. The van der Waals surface area contributed by atoms with Crippen molar-refractivity contribution in [1.29, 1.82) is 0 Å². The van der Waals surface area contributed by atoms with Crippen LogP contribution in [0.5, 0.6) is 0 Å². The largest absolute Gasteiger partial charge is 0.307 e. The Morgan fingerprint density at radius 3 is 2.78 bits per heavy atom. The number of aromatic nitrogens is 1. The second-order valence-electron chi connectivity index (χ2n) is 3.83. The number of halogens is 2. The number of rotatable bonds is 2. The van der Waals surface area contributed by atoms with Gasteiger partial charge in [-0.15, -0.1) is 0 Å². The molecule has 3 nitrogen and oxygen atoms in total. The average Bonchev–Trinajstić information content (AvgIpc) is 2.27. The Morgan fingerprint density at radius 2 is 2.11 bits per heavy atom. The topological polar surface area (TPSA) is 42.0 Å². The van der Waals surface area contributed by atoms with E-state index in [9.17, 15) is 4.79 Å². The summed E-state index contributed by atoms with van der Waals surface area (Å²) in [6.07, 6.45) is 1.65. The van der Waals surface area contributed by atoms with Gasteiger partial charge in [-0.3, -0.25) is 4.79 Å². The molecule has 0 aliphatic carbocycles. The minimum absolute atomic E-state index is 0.240. The maximum Gasteiger partial charge on any atom is 0.256 e. The Kier molecular flexibility index (Phi) is 3.99. The molecule has 0 unspecified atom stereocenters. The number of anilines is 1. The molecule has 1 aromatic heterocycles. The van der Waals surface area contributed by atoms with Crippen LogP contribution in [0.2, 0.25) is 5.02 Å². The number of nitrogens with one attached hydrogen (secondary N) is 1. The highest BCUT2D eigenvalue weighted by molar-refractivity contribution is 9.10. The summed E-state index contributed by atoms with van der Waals surface area (Å²) in [6.45, 7) is 1.94. The summed E-state index contributed by atoms with van der Waals surface area (Å²) in [5, 5.41) is 3.23. The number of pyridine rings is 1. The van der Waals surface area contributed by atoms with Crippen LogP contribution in [0.15, 0.2) is 41.0 Å². The lowest BCUT2D eigenvalue weighted by molar-refractivity contribution is 0.102. The lowest BCUT2D eigenvalue weighted by atomic mass is 10.2. The minimum atomic E-state index is -0.240. The molecule has 0 atom stereocenters. The predicted octanol–water partition coefficient (Wildman–Crippen LogP) is 4.06. The third kappa shape index (κ3) is 3.31. The molecule has 0 saturated heterocycles. The van der Waals surface area contributed by atoms with Crippen LogP contribution in [-0.4, -0.2) is 10.9 Å². The molecule has 0 aliphatic heterocycles. The Bertz CT molecular complexity index is 581. The zero-order chi connectivity index (χ0) is 13.1. The quantitative estimate of drug-likeness (QED) is 0.905. The normalized spacial score (nSPS) is 10.2. The smallest absolute Gasteiger partial charge is 0.256 e. The maximum atomic E-state index is 12.0. The van der Waals surface area contributed by atoms with Crippen LogP contribution in [0, 0.1) is 6.92 Å². The number of hydrogen-bond donors (Lipinski definition) is 1. The van der Waals surface area contributed by atoms with Gasteiger partial charge in [0.1, 0.15) is 5.82 Å². The number of aryl methyl sites for hydroxylation is 1. The van der Waals surface area contributed by atoms with Gasteiger partial charge < -0.3 is 5.32 Å². The molecule has 5 heteroatoms. The molecular formula is C13H10BrClN2O. The number of amides is 1. The van der Waals surface area contributed by atoms with E-state index in [1.165, 1.54) is 0 Å². The van der Waals surface area contributed by atoms with Crippen molar-refractivity contribution >= 4 is 39.3 Å². The molecule has 0 spiro atoms. The standard InChI is InChI=1S/C13H10BrClN2O/c1-8-2-3-16-12(4-8)17-13(18)9-5-10(14)7-11(15)6-9/h2-7H,1H3,(H,16,17,18). The highest BCUT2D eigenvalue weighted by Gasteiger charge is 2.08. The number of hydrogen-bond acceptors (Lipinski definition) is 2. The molecule has 0 radical (unpaired) electrons. The Labute approximate surface area is 118 Å². The molecule has 2 rings (SSSR count). The minimum Gasteiger partial charge on any atom is -0.307 e. The van der Waals surface area contributed by atoms with Gasteiger partial charge in [0.05, 0.1) is 0 Å². The molecule has 0 saturated carbocycles. The van der Waals surface area contributed by atoms with Crippen molar-refractivity contribution in [2.24, 2.45) is 0 Å². The lowest BCUT2D eigenvalue weighted by Crippen LogP contribution is -2.13. The first-order valence-electron chi connectivity index (χ1n) is 5.25. The fraction of sp³-hybridized carbons (Fsp3) is 0.0769. The van der Waals surface area contributed by atoms with E-state index in [-0.39, 0.29) is 5.91 Å². The van der Waals surface area contributed by atoms with E-state index in [2.05, 4.69) is 26.2 Å². The van der Waals surface area contributed by atoms with Crippen molar-refractivity contribution in [2.45, 2.75) is 6.92 Å². The molecule has 1 heterocycles. The summed E-state index contributed by atoms with van der Waals surface area (Å²) in [6, 6.07) is 8.71. The van der Waals surface area contributed by atoms with E-state index in [1.807, 2.05) is 13.0 Å². The van der Waals surface area contributed by atoms with Crippen molar-refractivity contribution in [2.75, 3.05) is 5.32 Å². The molecule has 92 valence electrons. The number of carbonyl (C=O) groups is 1. The van der Waals surface area contributed by atoms with Gasteiger partial charge in [0.25, 0.3) is 5.91 Å². The van der Waals surface area contributed by atoms with Gasteiger partial charge in [0.15, 0.2) is 0 Å². The summed E-state index contributed by atoms with van der Waals surface area (Å²) < 4.78 is 0.761. The second kappa shape index (κ2) is 5.50. The van der Waals surface area contributed by atoms with Gasteiger partial charge in [0, 0.05) is 21.3 Å². The van der Waals surface area contributed by atoms with Crippen LogP contribution in [0.3, 0.4) is 0 Å². The van der Waals surface area contributed by atoms with Gasteiger partial charge in [-0.25, -0.2) is 4.98 Å². The van der Waals surface area contributed by atoms with Gasteiger partial charge in [-0.1, -0.05) is 27.5 Å². The Morgan fingerprint density at radius 1 is 1.33 bits per heavy atom. The highest BCUT2D eigenvalue weighted by atomic mass is 79.9. The first-order chi connectivity index (χ1) is 8.54. The first-order valence-corrected chi connectivity index (χ1v) is 6.42. The van der Waals surface area contributed by atoms with Crippen molar-refractivity contribution in [3.8, 4) is 0 Å². The highest BCUT2D eigenvalue weighted by Crippen LogP contribution is 2.20. The fourth-order valence-electron chi connectivity index (χ4n) is 1.48. The SMILES string of the molecule is Cc1ccnc(NC(=O)c2cc(Cl)cc(Br)c2)c1. The van der Waals surface area contributed by atoms with E-state index >= 15 is 0 Å². The molecule has 18 heavy (non-hydrogen) atoms. The summed E-state index contributed by atoms with van der Waals surface area (Å²) in [7, 11) is 0. The van der Waals surface area contributed by atoms with Crippen LogP contribution in [0.25, 0.3) is 0 Å². The third-order valence-electron chi connectivity index (χ3n) is 2.28. The van der Waals surface area contributed by atoms with Crippen LogP contribution in [-0.2, 0) is 0 Å². The molecule has 1 N–H and O–H groups in total. The number of benzene rings is 1. The van der Waals surface area contributed by atoms with Crippen molar-refractivity contribution in [3.05, 3.63) is 57.2 Å². The van der Waals surface area contributed by atoms with E-state index in [0.717, 1.165) is 10.0 Å². The average molecular weight is 326 g/mol. The van der Waals surface area contributed by atoms with Crippen molar-refractivity contribution in [1.82, 2.24) is 4.98 Å². The van der Waals surface area contributed by atoms with Gasteiger partial charge >= 0.3 is 0 Å². The Hall–Kier alpha value is -1.39. The molecule has 2 aromatic rings. The molecule has 0 bridgehead atoms. The molecule has 1 amide bonds. The zero-order valence-corrected chi connectivity index (χ0v) is 11.9. The van der Waals surface area contributed by atoms with Gasteiger partial charge in [0.2, 0.25) is 0 Å². The molecular weight excluding hydrogens is 316 g/mol. The number of carbonyl (C=O) groups excluding carboxylic acids is 1. The lowest BCUT2D eigenvalue weighted by Gasteiger charge is -2.06. The molecule has 1 aromatic carbocycles. The van der Waals surface area contributed by atoms with E-state index in [1.54, 1.807) is 30.5 Å². The van der Waals surface area contributed by atoms with E-state index in [4.69, 9.17) is 11.6 Å². The maximum absolute atomic E-state index is 12.0. The van der Waals surface area contributed by atoms with E-state index in [0.29, 0.717) is 16.4 Å². The summed E-state index contributed by atoms with van der Waals surface area (Å²) in [5.74, 6) is 0.285. The monoisotopic (exact) mass is 324 g/mol. The summed E-state index contributed by atoms with van der Waals surface area (Å²) >= 11 is 9.20. The summed E-state index contributed by atoms with van der Waals surface area (Å²) in [4.78, 5) is 16.1. The van der Waals surface area contributed by atoms with E-state index < -0.39 is 0 Å². The van der Waals surface area contributed by atoms with Crippen LogP contribution in [0.4, 0.5) is 5.82 Å². The molecule has 0 fully saturated rings. The van der Waals surface area contributed by atoms with Crippen molar-refractivity contribution < 1.29 is 4.79 Å². The van der Waals surface area contributed by atoms with Gasteiger partial charge in [-0.05, 0) is 42.8 Å².